The zero-order valence-electron chi connectivity index (χ0n) is 43.0. The number of likely N-dealkylation sites (N-methyl/N-ethyl adjacent to an activating group) is 1. The predicted octanol–water partition coefficient (Wildman–Crippen LogP) is 7.88. The van der Waals surface area contributed by atoms with Gasteiger partial charge < -0.3 is 29.2 Å². The highest BCUT2D eigenvalue weighted by Crippen LogP contribution is 2.43. The monoisotopic (exact) mass is 987 g/mol. The molecule has 16 heteroatoms. The molecule has 2 saturated heterocycles. The first-order valence-corrected chi connectivity index (χ1v) is 26.1. The number of benzene rings is 2. The molecule has 1 unspecified atom stereocenters. The van der Waals surface area contributed by atoms with E-state index in [1.54, 1.807) is 31.3 Å². The number of hydrazine groups is 1. The minimum absolute atomic E-state index is 0.00425. The number of carbonyl (C=O) groups excluding carboxylic acids is 4. The molecule has 71 heavy (non-hydrogen) atoms. The molecule has 0 radical (unpaired) electrons. The number of phenolic OH excluding ortho intramolecular Hbond substituents is 1. The Kier molecular flexibility index (Phi) is 14.8. The number of esters is 1. The third-order valence-electron chi connectivity index (χ3n) is 13.8. The molecule has 15 nitrogen and oxygen atoms in total. The first-order valence-electron chi connectivity index (χ1n) is 25.0. The second-order valence-electron chi connectivity index (χ2n) is 21.9. The van der Waals surface area contributed by atoms with Crippen molar-refractivity contribution >= 4 is 46.0 Å². The minimum atomic E-state index is -1.19. The molecule has 0 spiro atoms. The van der Waals surface area contributed by atoms with Crippen molar-refractivity contribution in [3.8, 4) is 28.1 Å². The number of hydrogen-bond donors (Lipinski definition) is 3. The number of aromatic nitrogens is 3. The van der Waals surface area contributed by atoms with E-state index in [-0.39, 0.29) is 48.8 Å². The zero-order valence-corrected chi connectivity index (χ0v) is 43.9. The maximum absolute atomic E-state index is 14.8. The topological polar surface area (TPSA) is 185 Å². The second-order valence-corrected chi connectivity index (χ2v) is 24.1. The van der Waals surface area contributed by atoms with Gasteiger partial charge in [-0.25, -0.2) is 5.43 Å². The van der Waals surface area contributed by atoms with Gasteiger partial charge in [0.25, 0.3) is 11.8 Å². The smallest absolute Gasteiger partial charge is 0.324 e. The van der Waals surface area contributed by atoms with E-state index < -0.39 is 63.3 Å². The summed E-state index contributed by atoms with van der Waals surface area (Å²) in [7, 11) is 1.56. The number of phenols is 1. The van der Waals surface area contributed by atoms with E-state index in [2.05, 4.69) is 73.1 Å². The first kappa shape index (κ1) is 51.5. The Morgan fingerprint density at radius 2 is 1.80 bits per heavy atom. The normalized spacial score (nSPS) is 21.4. The summed E-state index contributed by atoms with van der Waals surface area (Å²) in [6, 6.07) is 16.0. The van der Waals surface area contributed by atoms with Gasteiger partial charge in [-0.1, -0.05) is 53.7 Å². The third kappa shape index (κ3) is 10.9. The molecule has 8 rings (SSSR count). The van der Waals surface area contributed by atoms with Crippen molar-refractivity contribution in [3.63, 3.8) is 0 Å². The lowest BCUT2D eigenvalue weighted by molar-refractivity contribution is -0.155. The molecule has 6 heterocycles. The number of amides is 3. The van der Waals surface area contributed by atoms with Crippen molar-refractivity contribution in [2.24, 2.45) is 11.3 Å². The Balaban J connectivity index is 1.15. The SMILES string of the molecule is CCn1c(-c2cccnc2C(C)C)c2c3cc(ccc31)-c1cc(O)cc(c1)C[C@H](NC(=O)[C@H](C(C)C)N(C)C(=O)c1ccc([C@@H]3CN3[S@@+]([O-])C(C)(C)C)nc1)C(=O)N1CCC[C@H](N1)C(=O)OCC(C)(C)C2. The van der Waals surface area contributed by atoms with Gasteiger partial charge in [0.1, 0.15) is 34.7 Å². The van der Waals surface area contributed by atoms with Gasteiger partial charge in [-0.15, -0.1) is 4.31 Å². The van der Waals surface area contributed by atoms with Crippen LogP contribution < -0.4 is 10.7 Å². The summed E-state index contributed by atoms with van der Waals surface area (Å²) in [5.74, 6) is -2.14. The van der Waals surface area contributed by atoms with E-state index in [1.165, 1.54) is 16.1 Å². The van der Waals surface area contributed by atoms with Crippen LogP contribution in [0.25, 0.3) is 33.3 Å². The molecule has 2 fully saturated rings. The highest BCUT2D eigenvalue weighted by Gasteiger charge is 2.50. The van der Waals surface area contributed by atoms with Gasteiger partial charge in [-0.2, -0.15) is 0 Å². The number of hydrogen-bond acceptors (Lipinski definition) is 11. The molecule has 0 saturated carbocycles. The fourth-order valence-corrected chi connectivity index (χ4v) is 11.6. The average molecular weight is 987 g/mol. The predicted molar refractivity (Wildman–Crippen MR) is 276 cm³/mol. The van der Waals surface area contributed by atoms with Gasteiger partial charge in [-0.05, 0) is 130 Å². The largest absolute Gasteiger partial charge is 0.597 e. The molecule has 0 aliphatic carbocycles. The Morgan fingerprint density at radius 3 is 2.48 bits per heavy atom. The lowest BCUT2D eigenvalue weighted by Gasteiger charge is -2.36. The molecule has 2 aromatic carbocycles. The molecule has 5 aromatic rings. The fourth-order valence-electron chi connectivity index (χ4n) is 10.2. The second kappa shape index (κ2) is 20.4. The van der Waals surface area contributed by atoms with Crippen LogP contribution in [0, 0.1) is 11.3 Å². The van der Waals surface area contributed by atoms with Crippen LogP contribution in [0.5, 0.6) is 5.75 Å². The quantitative estimate of drug-likeness (QED) is 0.0703. The van der Waals surface area contributed by atoms with Crippen molar-refractivity contribution in [2.75, 3.05) is 26.7 Å². The van der Waals surface area contributed by atoms with Crippen molar-refractivity contribution in [3.05, 3.63) is 101 Å². The Hall–Kier alpha value is -5.81. The van der Waals surface area contributed by atoms with Gasteiger partial charge in [0.2, 0.25) is 5.91 Å². The van der Waals surface area contributed by atoms with Crippen LogP contribution in [0.4, 0.5) is 0 Å². The number of carbonyl (C=O) groups is 4. The lowest BCUT2D eigenvalue weighted by Crippen LogP contribution is -2.62. The molecule has 3 amide bonds. The van der Waals surface area contributed by atoms with Crippen LogP contribution >= 0.6 is 0 Å². The van der Waals surface area contributed by atoms with Gasteiger partial charge in [0, 0.05) is 72.2 Å². The van der Waals surface area contributed by atoms with Crippen LogP contribution in [0.3, 0.4) is 0 Å². The van der Waals surface area contributed by atoms with E-state index in [0.717, 1.165) is 44.5 Å². The summed E-state index contributed by atoms with van der Waals surface area (Å²) < 4.78 is 22.9. The van der Waals surface area contributed by atoms with Crippen LogP contribution in [0.1, 0.15) is 127 Å². The molecule has 3 aliphatic rings. The number of ether oxygens (including phenoxy) is 1. The molecule has 378 valence electrons. The van der Waals surface area contributed by atoms with Gasteiger partial charge in [0.05, 0.1) is 35.8 Å². The fraction of sp³-hybridized carbons (Fsp3) is 0.491. The van der Waals surface area contributed by atoms with E-state index in [9.17, 15) is 28.8 Å². The third-order valence-corrected chi connectivity index (χ3v) is 15.7. The lowest BCUT2D eigenvalue weighted by atomic mass is 9.83. The minimum Gasteiger partial charge on any atom is -0.597 e. The summed E-state index contributed by atoms with van der Waals surface area (Å²) in [5, 5.41) is 16.8. The highest BCUT2D eigenvalue weighted by atomic mass is 32.2. The zero-order chi connectivity index (χ0) is 51.3. The molecule has 6 bridgehead atoms. The van der Waals surface area contributed by atoms with Gasteiger partial charge in [-0.3, -0.25) is 34.2 Å². The van der Waals surface area contributed by atoms with E-state index in [4.69, 9.17) is 9.72 Å². The molecule has 3 aliphatic heterocycles. The molecule has 3 aromatic heterocycles. The van der Waals surface area contributed by atoms with Crippen molar-refractivity contribution in [1.82, 2.24) is 39.5 Å². The number of fused-ring (bicyclic) bond motifs is 6. The highest BCUT2D eigenvalue weighted by molar-refractivity contribution is 7.90. The number of nitrogens with one attached hydrogen (secondary N) is 2. The maximum atomic E-state index is 14.8. The van der Waals surface area contributed by atoms with Crippen molar-refractivity contribution < 1.29 is 33.6 Å². The summed E-state index contributed by atoms with van der Waals surface area (Å²) in [5.41, 5.74) is 11.0. The first-order chi connectivity index (χ1) is 33.6. The summed E-state index contributed by atoms with van der Waals surface area (Å²) in [6.45, 7) is 21.8. The van der Waals surface area contributed by atoms with Crippen molar-refractivity contribution in [2.45, 2.75) is 136 Å². The molecular weight excluding hydrogens is 917 g/mol. The Labute approximate surface area is 421 Å². The van der Waals surface area contributed by atoms with E-state index >= 15 is 0 Å². The number of pyridine rings is 2. The summed E-state index contributed by atoms with van der Waals surface area (Å²) in [4.78, 5) is 68.3. The number of cyclic esters (lactones) is 1. The standard InChI is InChI=1S/C55H70N8O7S/c1-12-61-45-20-18-35-27-40(45)41(49(61)39-15-13-21-56-47(39)32(2)3)28-55(9,10)31-70-53(68)43-16-14-22-62(59-43)52(67)44(25-34-23-37(35)26-38(64)24-34)58-50(65)48(33(4)5)60(11)51(66)36-17-19-42(57-29-36)46-30-63(46)71(69)54(6,7)8/h13,15,17-21,23-24,26-27,29,32-33,43-44,46,48,59,64H,12,14,16,22,25,28,30-31H2,1-11H3,(H,58,65)/t43-,44-,46-,48-,63?,71-/m0/s1. The summed E-state index contributed by atoms with van der Waals surface area (Å²) in [6.07, 6.45) is 4.84. The average Bonchev–Trinajstić information content (AvgIpc) is 4.07. The Bertz CT molecular complexity index is 2820. The number of nitrogens with zero attached hydrogens (tertiary/aromatic N) is 6. The van der Waals surface area contributed by atoms with E-state index in [1.807, 2.05) is 63.3 Å². The van der Waals surface area contributed by atoms with Gasteiger partial charge >= 0.3 is 5.97 Å². The van der Waals surface area contributed by atoms with Crippen LogP contribution in [0.2, 0.25) is 0 Å². The molecule has 3 N–H and O–H groups in total. The van der Waals surface area contributed by atoms with Gasteiger partial charge in [0.15, 0.2) is 0 Å². The molecule has 6 atom stereocenters. The van der Waals surface area contributed by atoms with Crippen LogP contribution in [-0.2, 0) is 49.9 Å². The summed E-state index contributed by atoms with van der Waals surface area (Å²) >= 11 is -1.19. The number of aromatic hydroxyl groups is 1. The number of aryl methyl sites for hydroxylation is 1. The number of rotatable bonds is 10. The Morgan fingerprint density at radius 1 is 1.04 bits per heavy atom. The van der Waals surface area contributed by atoms with Crippen LogP contribution in [0.15, 0.2) is 73.1 Å². The molecular formula is C55H70N8O7S. The van der Waals surface area contributed by atoms with E-state index in [0.29, 0.717) is 43.6 Å². The van der Waals surface area contributed by atoms with Crippen molar-refractivity contribution in [1.29, 1.82) is 0 Å². The van der Waals surface area contributed by atoms with Crippen LogP contribution in [-0.4, -0.2) is 112 Å². The maximum Gasteiger partial charge on any atom is 0.324 e.